The quantitative estimate of drug-likeness (QED) is 0.683. The number of rotatable bonds is 1. The van der Waals surface area contributed by atoms with Crippen LogP contribution < -0.4 is 5.73 Å². The fourth-order valence-corrected chi connectivity index (χ4v) is 2.69. The SMILES string of the molecule is Cc1nn(C)c2c1nc(N)n2-c1cccc(I)c1. The predicted molar refractivity (Wildman–Crippen MR) is 79.7 cm³/mol. The van der Waals surface area contributed by atoms with E-state index >= 15 is 0 Å². The molecule has 0 fully saturated rings. The van der Waals surface area contributed by atoms with E-state index in [1.54, 1.807) is 0 Å². The number of anilines is 1. The Morgan fingerprint density at radius 2 is 2.11 bits per heavy atom. The average molecular weight is 353 g/mol. The van der Waals surface area contributed by atoms with Gasteiger partial charge in [-0.25, -0.2) is 9.67 Å². The van der Waals surface area contributed by atoms with Crippen molar-refractivity contribution in [2.75, 3.05) is 5.73 Å². The minimum Gasteiger partial charge on any atom is -0.369 e. The highest BCUT2D eigenvalue weighted by molar-refractivity contribution is 14.1. The molecular formula is C12H12IN5. The molecule has 2 N–H and O–H groups in total. The van der Waals surface area contributed by atoms with Gasteiger partial charge >= 0.3 is 0 Å². The maximum atomic E-state index is 6.03. The molecule has 92 valence electrons. The van der Waals surface area contributed by atoms with Crippen molar-refractivity contribution in [3.63, 3.8) is 0 Å². The van der Waals surface area contributed by atoms with Crippen molar-refractivity contribution in [1.82, 2.24) is 19.3 Å². The molecule has 3 rings (SSSR count). The predicted octanol–water partition coefficient (Wildman–Crippen LogP) is 2.25. The van der Waals surface area contributed by atoms with E-state index in [1.807, 2.05) is 41.4 Å². The number of imidazole rings is 1. The highest BCUT2D eigenvalue weighted by Crippen LogP contribution is 2.25. The van der Waals surface area contributed by atoms with Crippen LogP contribution in [-0.2, 0) is 7.05 Å². The molecule has 18 heavy (non-hydrogen) atoms. The van der Waals surface area contributed by atoms with Crippen LogP contribution >= 0.6 is 22.6 Å². The molecule has 0 amide bonds. The topological polar surface area (TPSA) is 61.7 Å². The smallest absolute Gasteiger partial charge is 0.207 e. The third kappa shape index (κ3) is 1.59. The summed E-state index contributed by atoms with van der Waals surface area (Å²) in [5.41, 5.74) is 9.70. The van der Waals surface area contributed by atoms with Crippen LogP contribution in [0.4, 0.5) is 5.95 Å². The Morgan fingerprint density at radius 1 is 1.33 bits per heavy atom. The largest absolute Gasteiger partial charge is 0.369 e. The number of benzene rings is 1. The van der Waals surface area contributed by atoms with Crippen LogP contribution in [0.15, 0.2) is 24.3 Å². The van der Waals surface area contributed by atoms with Crippen LogP contribution in [-0.4, -0.2) is 19.3 Å². The molecule has 0 spiro atoms. The molecule has 2 aromatic heterocycles. The van der Waals surface area contributed by atoms with Crippen LogP contribution in [0.2, 0.25) is 0 Å². The second-order valence-corrected chi connectivity index (χ2v) is 5.41. The number of fused-ring (bicyclic) bond motifs is 1. The molecule has 1 aromatic carbocycles. The second-order valence-electron chi connectivity index (χ2n) is 4.17. The van der Waals surface area contributed by atoms with E-state index < -0.39 is 0 Å². The van der Waals surface area contributed by atoms with Crippen molar-refractivity contribution in [2.24, 2.45) is 7.05 Å². The summed E-state index contributed by atoms with van der Waals surface area (Å²) in [6.45, 7) is 1.94. The number of halogens is 1. The summed E-state index contributed by atoms with van der Waals surface area (Å²) in [7, 11) is 1.90. The van der Waals surface area contributed by atoms with Crippen molar-refractivity contribution in [2.45, 2.75) is 6.92 Å². The highest BCUT2D eigenvalue weighted by Gasteiger charge is 2.16. The lowest BCUT2D eigenvalue weighted by molar-refractivity contribution is 0.762. The van der Waals surface area contributed by atoms with Gasteiger partial charge in [-0.1, -0.05) is 6.07 Å². The van der Waals surface area contributed by atoms with E-state index in [0.29, 0.717) is 5.95 Å². The summed E-state index contributed by atoms with van der Waals surface area (Å²) >= 11 is 2.28. The molecule has 0 bridgehead atoms. The number of aromatic nitrogens is 4. The number of aryl methyl sites for hydroxylation is 2. The Labute approximate surface area is 118 Å². The Kier molecular flexibility index (Phi) is 2.54. The molecule has 0 unspecified atom stereocenters. The number of nitrogens with two attached hydrogens (primary N) is 1. The van der Waals surface area contributed by atoms with Gasteiger partial charge in [0.25, 0.3) is 0 Å². The fraction of sp³-hybridized carbons (Fsp3) is 0.167. The van der Waals surface area contributed by atoms with Gasteiger partial charge in [-0.15, -0.1) is 0 Å². The molecule has 0 aliphatic heterocycles. The summed E-state index contributed by atoms with van der Waals surface area (Å²) in [6.07, 6.45) is 0. The lowest BCUT2D eigenvalue weighted by Gasteiger charge is -2.07. The van der Waals surface area contributed by atoms with Crippen molar-refractivity contribution >= 4 is 39.7 Å². The molecule has 0 aliphatic rings. The van der Waals surface area contributed by atoms with Gasteiger partial charge in [0.05, 0.1) is 11.4 Å². The standard InChI is InChI=1S/C12H12IN5/c1-7-10-11(17(2)16-7)18(12(14)15-10)9-5-3-4-8(13)6-9/h3-6H,1-2H3,(H2,14,15). The van der Waals surface area contributed by atoms with E-state index in [9.17, 15) is 0 Å². The zero-order valence-electron chi connectivity index (χ0n) is 10.1. The highest BCUT2D eigenvalue weighted by atomic mass is 127. The van der Waals surface area contributed by atoms with E-state index in [1.165, 1.54) is 0 Å². The first-order valence-corrected chi connectivity index (χ1v) is 6.59. The van der Waals surface area contributed by atoms with Gasteiger partial charge in [-0.2, -0.15) is 5.10 Å². The van der Waals surface area contributed by atoms with Gasteiger partial charge in [-0.3, -0.25) is 4.57 Å². The molecule has 5 nitrogen and oxygen atoms in total. The van der Waals surface area contributed by atoms with Gasteiger partial charge in [0.15, 0.2) is 5.65 Å². The number of hydrogen-bond donors (Lipinski definition) is 1. The minimum absolute atomic E-state index is 0.489. The molecule has 6 heteroatoms. The summed E-state index contributed by atoms with van der Waals surface area (Å²) in [5, 5.41) is 4.38. The molecule has 0 radical (unpaired) electrons. The van der Waals surface area contributed by atoms with Gasteiger partial charge in [0.2, 0.25) is 5.95 Å². The van der Waals surface area contributed by atoms with E-state index in [0.717, 1.165) is 26.1 Å². The Hall–Kier alpha value is -1.57. The second kappa shape index (κ2) is 3.98. The van der Waals surface area contributed by atoms with Gasteiger partial charge in [0.1, 0.15) is 5.52 Å². The van der Waals surface area contributed by atoms with Crippen LogP contribution in [0.1, 0.15) is 5.69 Å². The first-order chi connectivity index (χ1) is 8.58. The minimum atomic E-state index is 0.489. The third-order valence-corrected chi connectivity index (χ3v) is 3.57. The lowest BCUT2D eigenvalue weighted by Crippen LogP contribution is -2.04. The first kappa shape index (κ1) is 11.5. The third-order valence-electron chi connectivity index (χ3n) is 2.89. The van der Waals surface area contributed by atoms with Crippen LogP contribution in [0.3, 0.4) is 0 Å². The number of nitrogen functional groups attached to an aromatic ring is 1. The van der Waals surface area contributed by atoms with Gasteiger partial charge in [-0.05, 0) is 47.7 Å². The molecule has 0 atom stereocenters. The molecule has 0 saturated heterocycles. The van der Waals surface area contributed by atoms with E-state index in [2.05, 4.69) is 38.7 Å². The van der Waals surface area contributed by atoms with Crippen molar-refractivity contribution in [1.29, 1.82) is 0 Å². The number of hydrogen-bond acceptors (Lipinski definition) is 3. The summed E-state index contributed by atoms with van der Waals surface area (Å²) in [4.78, 5) is 4.39. The van der Waals surface area contributed by atoms with Crippen molar-refractivity contribution in [3.8, 4) is 5.69 Å². The Bertz CT molecular complexity index is 740. The van der Waals surface area contributed by atoms with Crippen molar-refractivity contribution in [3.05, 3.63) is 33.5 Å². The molecule has 2 heterocycles. The average Bonchev–Trinajstić information content (AvgIpc) is 2.78. The fourth-order valence-electron chi connectivity index (χ4n) is 2.16. The summed E-state index contributed by atoms with van der Waals surface area (Å²) in [5.74, 6) is 0.489. The van der Waals surface area contributed by atoms with Crippen molar-refractivity contribution < 1.29 is 0 Å². The van der Waals surface area contributed by atoms with E-state index in [4.69, 9.17) is 5.73 Å². The normalized spacial score (nSPS) is 11.3. The maximum absolute atomic E-state index is 6.03. The first-order valence-electron chi connectivity index (χ1n) is 5.51. The zero-order chi connectivity index (χ0) is 12.9. The molecule has 3 aromatic rings. The van der Waals surface area contributed by atoms with Gasteiger partial charge in [0, 0.05) is 10.6 Å². The van der Waals surface area contributed by atoms with Crippen LogP contribution in [0, 0.1) is 10.5 Å². The molecule has 0 saturated carbocycles. The van der Waals surface area contributed by atoms with Crippen LogP contribution in [0.5, 0.6) is 0 Å². The zero-order valence-corrected chi connectivity index (χ0v) is 12.2. The summed E-state index contributed by atoms with van der Waals surface area (Å²) in [6, 6.07) is 8.14. The summed E-state index contributed by atoms with van der Waals surface area (Å²) < 4.78 is 4.90. The number of nitrogens with zero attached hydrogens (tertiary/aromatic N) is 4. The lowest BCUT2D eigenvalue weighted by atomic mass is 10.3. The van der Waals surface area contributed by atoms with Crippen LogP contribution in [0.25, 0.3) is 16.9 Å². The van der Waals surface area contributed by atoms with Gasteiger partial charge < -0.3 is 5.73 Å². The molecular weight excluding hydrogens is 341 g/mol. The Morgan fingerprint density at radius 3 is 2.83 bits per heavy atom. The Balaban J connectivity index is 2.38. The maximum Gasteiger partial charge on any atom is 0.207 e. The molecule has 0 aliphatic carbocycles. The monoisotopic (exact) mass is 353 g/mol. The van der Waals surface area contributed by atoms with E-state index in [-0.39, 0.29) is 0 Å².